The summed E-state index contributed by atoms with van der Waals surface area (Å²) in [6.45, 7) is 10.8. The molecule has 0 aromatic rings. The Morgan fingerprint density at radius 2 is 0.778 bits per heavy atom. The molecule has 0 saturated heterocycles. The molecule has 3 heteroatoms. The number of rotatable bonds is 21. The highest BCUT2D eigenvalue weighted by atomic mass is 27.2. The first-order valence-electron chi connectivity index (χ1n) is 12.4. The maximum Gasteiger partial charge on any atom is 0.674 e. The third-order valence-electron chi connectivity index (χ3n) is 5.14. The Morgan fingerprint density at radius 3 is 1.07 bits per heavy atom. The van der Waals surface area contributed by atoms with Gasteiger partial charge in [-0.15, -0.1) is 0 Å². The number of unbranched alkanes of at least 4 members (excludes halogenated alkanes) is 15. The van der Waals surface area contributed by atoms with E-state index in [2.05, 4.69) is 34.6 Å². The second kappa shape index (κ2) is 21.2. The van der Waals surface area contributed by atoms with Gasteiger partial charge in [-0.2, -0.15) is 0 Å². The van der Waals surface area contributed by atoms with Crippen LogP contribution in [0.15, 0.2) is 0 Å². The molecular weight excluding hydrogens is 347 g/mol. The van der Waals surface area contributed by atoms with Gasteiger partial charge in [-0.05, 0) is 33.0 Å². The molecule has 0 aromatic carbocycles. The molecule has 0 heterocycles. The van der Waals surface area contributed by atoms with E-state index < -0.39 is 14.8 Å². The van der Waals surface area contributed by atoms with Gasteiger partial charge in [0.25, 0.3) is 0 Å². The topological polar surface area (TPSA) is 18.5 Å². The molecule has 0 aromatic heterocycles. The second-order valence-electron chi connectivity index (χ2n) is 8.89. The molecular formula is C24H51AlO2. The summed E-state index contributed by atoms with van der Waals surface area (Å²) in [6.07, 6.45) is 23.4. The van der Waals surface area contributed by atoms with Crippen molar-refractivity contribution in [1.29, 1.82) is 0 Å². The number of hydrogen-bond donors (Lipinski definition) is 0. The summed E-state index contributed by atoms with van der Waals surface area (Å²) >= 11 is -1.44. The van der Waals surface area contributed by atoms with Crippen LogP contribution < -0.4 is 0 Å². The van der Waals surface area contributed by atoms with Gasteiger partial charge in [-0.3, -0.25) is 0 Å². The van der Waals surface area contributed by atoms with E-state index >= 15 is 0 Å². The van der Waals surface area contributed by atoms with Crippen LogP contribution in [0.2, 0.25) is 5.28 Å². The molecule has 2 nitrogen and oxygen atoms in total. The Hall–Kier alpha value is 0.452. The summed E-state index contributed by atoms with van der Waals surface area (Å²) in [5.41, 5.74) is 0. The van der Waals surface area contributed by atoms with E-state index in [4.69, 9.17) is 7.58 Å². The van der Waals surface area contributed by atoms with Gasteiger partial charge in [0.05, 0.1) is 0 Å². The molecule has 0 saturated carbocycles. The van der Waals surface area contributed by atoms with E-state index in [9.17, 15) is 0 Å². The zero-order valence-corrected chi connectivity index (χ0v) is 20.7. The molecule has 0 unspecified atom stereocenters. The van der Waals surface area contributed by atoms with Crippen LogP contribution in [-0.4, -0.2) is 27.0 Å². The molecule has 0 N–H and O–H groups in total. The van der Waals surface area contributed by atoms with E-state index in [0.29, 0.717) is 12.2 Å². The number of hydrogen-bond acceptors (Lipinski definition) is 2. The van der Waals surface area contributed by atoms with Gasteiger partial charge in [-0.1, -0.05) is 110 Å². The molecule has 0 atom stereocenters. The molecule has 0 aliphatic rings. The van der Waals surface area contributed by atoms with Crippen LogP contribution >= 0.6 is 0 Å². The highest BCUT2D eigenvalue weighted by Crippen LogP contribution is 2.15. The monoisotopic (exact) mass is 398 g/mol. The van der Waals surface area contributed by atoms with Crippen molar-refractivity contribution in [3.05, 3.63) is 0 Å². The largest absolute Gasteiger partial charge is 0.674 e. The van der Waals surface area contributed by atoms with E-state index in [0.717, 1.165) is 0 Å². The van der Waals surface area contributed by atoms with Crippen molar-refractivity contribution in [2.24, 2.45) is 0 Å². The first-order chi connectivity index (χ1) is 13.1. The van der Waals surface area contributed by atoms with Crippen molar-refractivity contribution in [2.45, 2.75) is 155 Å². The van der Waals surface area contributed by atoms with Crippen molar-refractivity contribution < 1.29 is 7.58 Å². The lowest BCUT2D eigenvalue weighted by Crippen LogP contribution is -2.29. The van der Waals surface area contributed by atoms with Crippen molar-refractivity contribution >= 4 is 14.8 Å². The first-order valence-corrected chi connectivity index (χ1v) is 14.1. The van der Waals surface area contributed by atoms with Gasteiger partial charge >= 0.3 is 14.8 Å². The van der Waals surface area contributed by atoms with E-state index in [1.54, 1.807) is 0 Å². The highest BCUT2D eigenvalue weighted by Gasteiger charge is 2.26. The Kier molecular flexibility index (Phi) is 21.5. The molecule has 0 rings (SSSR count). The lowest BCUT2D eigenvalue weighted by molar-refractivity contribution is 0.129. The van der Waals surface area contributed by atoms with Crippen molar-refractivity contribution in [1.82, 2.24) is 0 Å². The summed E-state index contributed by atoms with van der Waals surface area (Å²) in [7, 11) is 0. The van der Waals surface area contributed by atoms with Crippen molar-refractivity contribution in [3.8, 4) is 0 Å². The molecule has 162 valence electrons. The standard InChI is InChI=1S/C18H37.2C3H7O.Al/c1-3-5-7-9-11-13-15-17-18-16-14-12-10-8-6-4-2;2*1-3(2)4;/h1,3-18H2,2H3;2*3H,1-2H3;/q;2*-1;+2. The SMILES string of the molecule is CCCCCCCCCCCCCCCCC[CH2][Al]([O]C(C)C)[O]C(C)C. The molecule has 0 radical (unpaired) electrons. The van der Waals surface area contributed by atoms with E-state index in [1.165, 1.54) is 108 Å². The van der Waals surface area contributed by atoms with Crippen LogP contribution in [0.5, 0.6) is 0 Å². The Balaban J connectivity index is 3.30. The fourth-order valence-electron chi connectivity index (χ4n) is 3.63. The minimum absolute atomic E-state index is 0.307. The minimum Gasteiger partial charge on any atom is -0.476 e. The van der Waals surface area contributed by atoms with Crippen LogP contribution in [0.4, 0.5) is 0 Å². The predicted octanol–water partition coefficient (Wildman–Crippen LogP) is 8.59. The Bertz CT molecular complexity index is 272. The summed E-state index contributed by atoms with van der Waals surface area (Å²) in [4.78, 5) is 0. The summed E-state index contributed by atoms with van der Waals surface area (Å²) in [6, 6.07) is 0. The molecule has 0 spiro atoms. The second-order valence-corrected chi connectivity index (χ2v) is 10.9. The first kappa shape index (κ1) is 27.5. The smallest absolute Gasteiger partial charge is 0.476 e. The predicted molar refractivity (Wildman–Crippen MR) is 123 cm³/mol. The van der Waals surface area contributed by atoms with Crippen molar-refractivity contribution in [2.75, 3.05) is 0 Å². The van der Waals surface area contributed by atoms with Crippen molar-refractivity contribution in [3.63, 3.8) is 0 Å². The van der Waals surface area contributed by atoms with E-state index in [-0.39, 0.29) is 0 Å². The van der Waals surface area contributed by atoms with Gasteiger partial charge in [0, 0.05) is 12.2 Å². The average molecular weight is 399 g/mol. The summed E-state index contributed by atoms with van der Waals surface area (Å²) < 4.78 is 12.0. The Labute approximate surface area is 177 Å². The molecule has 27 heavy (non-hydrogen) atoms. The van der Waals surface area contributed by atoms with Crippen LogP contribution in [0.1, 0.15) is 137 Å². The van der Waals surface area contributed by atoms with Crippen LogP contribution in [-0.2, 0) is 7.58 Å². The lowest BCUT2D eigenvalue weighted by atomic mass is 10.0. The fraction of sp³-hybridized carbons (Fsp3) is 1.00. The van der Waals surface area contributed by atoms with Gasteiger partial charge in [0.1, 0.15) is 0 Å². The molecule has 0 amide bonds. The van der Waals surface area contributed by atoms with Gasteiger partial charge in [-0.25, -0.2) is 0 Å². The van der Waals surface area contributed by atoms with Gasteiger partial charge < -0.3 is 7.58 Å². The van der Waals surface area contributed by atoms with Gasteiger partial charge in [0.15, 0.2) is 0 Å². The summed E-state index contributed by atoms with van der Waals surface area (Å²) in [5, 5.41) is 1.18. The molecule has 0 bridgehead atoms. The molecule has 0 aliphatic heterocycles. The minimum atomic E-state index is -1.44. The third kappa shape index (κ3) is 22.6. The average Bonchev–Trinajstić information content (AvgIpc) is 2.60. The molecule has 0 fully saturated rings. The van der Waals surface area contributed by atoms with E-state index in [1.807, 2.05) is 0 Å². The van der Waals surface area contributed by atoms with Crippen LogP contribution in [0, 0.1) is 0 Å². The summed E-state index contributed by atoms with van der Waals surface area (Å²) in [5.74, 6) is 0. The normalized spacial score (nSPS) is 11.7. The molecule has 0 aliphatic carbocycles. The third-order valence-corrected chi connectivity index (χ3v) is 7.72. The maximum absolute atomic E-state index is 6.00. The Morgan fingerprint density at radius 1 is 0.481 bits per heavy atom. The fourth-order valence-corrected chi connectivity index (χ4v) is 5.81. The van der Waals surface area contributed by atoms with Gasteiger partial charge in [0.2, 0.25) is 0 Å². The quantitative estimate of drug-likeness (QED) is 0.142. The maximum atomic E-state index is 6.00. The zero-order chi connectivity index (χ0) is 20.2. The van der Waals surface area contributed by atoms with Crippen LogP contribution in [0.3, 0.4) is 0 Å². The lowest BCUT2D eigenvalue weighted by Gasteiger charge is -2.18. The van der Waals surface area contributed by atoms with Crippen LogP contribution in [0.25, 0.3) is 0 Å². The highest BCUT2D eigenvalue weighted by molar-refractivity contribution is 6.44. The zero-order valence-electron chi connectivity index (χ0n) is 19.6.